The van der Waals surface area contributed by atoms with Crippen molar-refractivity contribution < 1.29 is 19.4 Å². The fourth-order valence-electron chi connectivity index (χ4n) is 2.61. The van der Waals surface area contributed by atoms with E-state index in [0.717, 1.165) is 0 Å². The Morgan fingerprint density at radius 3 is 2.37 bits per heavy atom. The van der Waals surface area contributed by atoms with E-state index < -0.39 is 5.91 Å². The van der Waals surface area contributed by atoms with Gasteiger partial charge in [-0.1, -0.05) is 18.2 Å². The lowest BCUT2D eigenvalue weighted by atomic mass is 10.1. The number of hydrogen-bond acceptors (Lipinski definition) is 5. The Hall–Kier alpha value is -4.13. The largest absolute Gasteiger partial charge is 0.504 e. The molecule has 7 heteroatoms. The summed E-state index contributed by atoms with van der Waals surface area (Å²) < 4.78 is 5.31. The van der Waals surface area contributed by atoms with Crippen LogP contribution < -0.4 is 15.5 Å². The minimum atomic E-state index is -0.393. The van der Waals surface area contributed by atoms with Crippen molar-refractivity contribution in [1.82, 2.24) is 5.43 Å². The van der Waals surface area contributed by atoms with Gasteiger partial charge in [-0.2, -0.15) is 5.10 Å². The summed E-state index contributed by atoms with van der Waals surface area (Å²) in [5.41, 5.74) is 4.63. The number of aromatic hydroxyl groups is 1. The molecular weight excluding hydrogens is 382 g/mol. The van der Waals surface area contributed by atoms with Crippen LogP contribution >= 0.6 is 0 Å². The number of anilines is 1. The van der Waals surface area contributed by atoms with E-state index in [-0.39, 0.29) is 11.7 Å². The SMILES string of the molecule is CCOc1cc(C=NNC(=O)c2ccc(NC(=O)c3ccccc3)cc2)ccc1O. The van der Waals surface area contributed by atoms with E-state index in [1.165, 1.54) is 12.3 Å². The predicted molar refractivity (Wildman–Crippen MR) is 115 cm³/mol. The molecule has 0 heterocycles. The normalized spacial score (nSPS) is 10.6. The van der Waals surface area contributed by atoms with Gasteiger partial charge in [0.05, 0.1) is 12.8 Å². The number of rotatable bonds is 7. The van der Waals surface area contributed by atoms with Crippen molar-refractivity contribution in [3.63, 3.8) is 0 Å². The van der Waals surface area contributed by atoms with Crippen LogP contribution in [0.5, 0.6) is 11.5 Å². The van der Waals surface area contributed by atoms with Crippen LogP contribution in [0.15, 0.2) is 77.9 Å². The van der Waals surface area contributed by atoms with Crippen molar-refractivity contribution >= 4 is 23.7 Å². The Balaban J connectivity index is 1.58. The summed E-state index contributed by atoms with van der Waals surface area (Å²) in [7, 11) is 0. The molecule has 0 radical (unpaired) electrons. The highest BCUT2D eigenvalue weighted by Gasteiger charge is 2.08. The summed E-state index contributed by atoms with van der Waals surface area (Å²) in [6, 6.07) is 20.1. The molecular formula is C23H21N3O4. The Bertz CT molecular complexity index is 1050. The third-order valence-electron chi connectivity index (χ3n) is 4.10. The minimum Gasteiger partial charge on any atom is -0.504 e. The topological polar surface area (TPSA) is 100 Å². The lowest BCUT2D eigenvalue weighted by Crippen LogP contribution is -2.17. The van der Waals surface area contributed by atoms with Crippen LogP contribution in [0.25, 0.3) is 0 Å². The second-order valence-electron chi connectivity index (χ2n) is 6.26. The van der Waals surface area contributed by atoms with Crippen molar-refractivity contribution in [2.75, 3.05) is 11.9 Å². The lowest BCUT2D eigenvalue weighted by Gasteiger charge is -2.07. The molecule has 0 aliphatic heterocycles. The molecule has 0 saturated carbocycles. The zero-order valence-corrected chi connectivity index (χ0v) is 16.3. The molecule has 0 aliphatic rings. The number of carbonyl (C=O) groups excluding carboxylic acids is 2. The van der Waals surface area contributed by atoms with E-state index in [0.29, 0.717) is 34.7 Å². The van der Waals surface area contributed by atoms with Crippen molar-refractivity contribution in [3.05, 3.63) is 89.5 Å². The molecule has 7 nitrogen and oxygen atoms in total. The highest BCUT2D eigenvalue weighted by Crippen LogP contribution is 2.26. The van der Waals surface area contributed by atoms with Gasteiger partial charge in [-0.25, -0.2) is 5.43 Å². The first-order valence-electron chi connectivity index (χ1n) is 9.32. The number of nitrogens with zero attached hydrogens (tertiary/aromatic N) is 1. The van der Waals surface area contributed by atoms with E-state index >= 15 is 0 Å². The van der Waals surface area contributed by atoms with Gasteiger partial charge in [0.2, 0.25) is 0 Å². The maximum atomic E-state index is 12.2. The molecule has 0 spiro atoms. The number of carbonyl (C=O) groups is 2. The van der Waals surface area contributed by atoms with Crippen molar-refractivity contribution in [1.29, 1.82) is 0 Å². The van der Waals surface area contributed by atoms with Crippen molar-refractivity contribution in [3.8, 4) is 11.5 Å². The molecule has 0 unspecified atom stereocenters. The van der Waals surface area contributed by atoms with Gasteiger partial charge >= 0.3 is 0 Å². The molecule has 3 aromatic rings. The van der Waals surface area contributed by atoms with Gasteiger partial charge in [0.25, 0.3) is 11.8 Å². The van der Waals surface area contributed by atoms with Gasteiger partial charge in [0.15, 0.2) is 11.5 Å². The van der Waals surface area contributed by atoms with Crippen molar-refractivity contribution in [2.45, 2.75) is 6.92 Å². The van der Waals surface area contributed by atoms with Gasteiger partial charge in [-0.05, 0) is 67.1 Å². The Morgan fingerprint density at radius 2 is 1.67 bits per heavy atom. The summed E-state index contributed by atoms with van der Waals surface area (Å²) in [6.07, 6.45) is 1.45. The fraction of sp³-hybridized carbons (Fsp3) is 0.0870. The average molecular weight is 403 g/mol. The number of benzene rings is 3. The number of phenolic OH excluding ortho intramolecular Hbond substituents is 1. The zero-order valence-electron chi connectivity index (χ0n) is 16.3. The van der Waals surface area contributed by atoms with Gasteiger partial charge in [0, 0.05) is 16.8 Å². The molecule has 30 heavy (non-hydrogen) atoms. The second-order valence-corrected chi connectivity index (χ2v) is 6.26. The van der Waals surface area contributed by atoms with Gasteiger partial charge in [-0.15, -0.1) is 0 Å². The number of nitrogens with one attached hydrogen (secondary N) is 2. The van der Waals surface area contributed by atoms with Crippen LogP contribution in [-0.2, 0) is 0 Å². The summed E-state index contributed by atoms with van der Waals surface area (Å²) in [5, 5.41) is 16.4. The van der Waals surface area contributed by atoms with E-state index in [4.69, 9.17) is 4.74 Å². The molecule has 0 aromatic heterocycles. The number of phenols is 1. The van der Waals surface area contributed by atoms with Gasteiger partial charge in [0.1, 0.15) is 0 Å². The van der Waals surface area contributed by atoms with Gasteiger partial charge < -0.3 is 15.2 Å². The third kappa shape index (κ3) is 5.45. The maximum absolute atomic E-state index is 12.2. The highest BCUT2D eigenvalue weighted by molar-refractivity contribution is 6.04. The summed E-state index contributed by atoms with van der Waals surface area (Å²) in [4.78, 5) is 24.4. The molecule has 0 atom stereocenters. The van der Waals surface area contributed by atoms with E-state index in [1.54, 1.807) is 60.7 Å². The Labute approximate surface area is 174 Å². The quantitative estimate of drug-likeness (QED) is 0.413. The van der Waals surface area contributed by atoms with Crippen LogP contribution in [0.1, 0.15) is 33.2 Å². The van der Waals surface area contributed by atoms with Crippen LogP contribution in [0.4, 0.5) is 5.69 Å². The van der Waals surface area contributed by atoms with Crippen LogP contribution in [0.2, 0.25) is 0 Å². The third-order valence-corrected chi connectivity index (χ3v) is 4.10. The first kappa shape index (κ1) is 20.6. The molecule has 3 N–H and O–H groups in total. The molecule has 0 bridgehead atoms. The Morgan fingerprint density at radius 1 is 0.967 bits per heavy atom. The first-order chi connectivity index (χ1) is 14.6. The minimum absolute atomic E-state index is 0.0393. The molecule has 0 fully saturated rings. The zero-order chi connectivity index (χ0) is 21.3. The summed E-state index contributed by atoms with van der Waals surface area (Å²) in [6.45, 7) is 2.24. The number of ether oxygens (including phenoxy) is 1. The molecule has 3 aromatic carbocycles. The predicted octanol–water partition coefficient (Wildman–Crippen LogP) is 3.81. The highest BCUT2D eigenvalue weighted by atomic mass is 16.5. The van der Waals surface area contributed by atoms with E-state index in [9.17, 15) is 14.7 Å². The summed E-state index contributed by atoms with van der Waals surface area (Å²) in [5.74, 6) is -0.230. The van der Waals surface area contributed by atoms with E-state index in [1.807, 2.05) is 13.0 Å². The molecule has 0 saturated heterocycles. The van der Waals surface area contributed by atoms with Crippen LogP contribution in [-0.4, -0.2) is 29.7 Å². The average Bonchev–Trinajstić information content (AvgIpc) is 2.77. The maximum Gasteiger partial charge on any atom is 0.271 e. The first-order valence-corrected chi connectivity index (χ1v) is 9.32. The summed E-state index contributed by atoms with van der Waals surface area (Å²) >= 11 is 0. The van der Waals surface area contributed by atoms with Crippen LogP contribution in [0.3, 0.4) is 0 Å². The Kier molecular flexibility index (Phi) is 6.78. The smallest absolute Gasteiger partial charge is 0.271 e. The fourth-order valence-corrected chi connectivity index (χ4v) is 2.61. The van der Waals surface area contributed by atoms with Gasteiger partial charge in [-0.3, -0.25) is 9.59 Å². The number of hydrogen-bond donors (Lipinski definition) is 3. The lowest BCUT2D eigenvalue weighted by molar-refractivity contribution is 0.0954. The van der Waals surface area contributed by atoms with Crippen molar-refractivity contribution in [2.24, 2.45) is 5.10 Å². The molecule has 152 valence electrons. The number of hydrazone groups is 1. The molecule has 0 aliphatic carbocycles. The standard InChI is InChI=1S/C23H21N3O4/c1-2-30-21-14-16(8-13-20(21)27)15-24-26-23(29)18-9-11-19(12-10-18)25-22(28)17-6-4-3-5-7-17/h3-15,27H,2H2,1H3,(H,25,28)(H,26,29). The monoisotopic (exact) mass is 403 g/mol. The van der Waals surface area contributed by atoms with E-state index in [2.05, 4.69) is 15.8 Å². The van der Waals surface area contributed by atoms with Crippen LogP contribution in [0, 0.1) is 0 Å². The molecule has 3 rings (SSSR count). The molecule has 2 amide bonds. The number of amides is 2. The second kappa shape index (κ2) is 9.88.